The second-order valence-electron chi connectivity index (χ2n) is 5.05. The Morgan fingerprint density at radius 1 is 1.39 bits per heavy atom. The molecule has 3 rings (SSSR count). The number of aryl methyl sites for hydroxylation is 2. The molecule has 3 nitrogen and oxygen atoms in total. The Balaban J connectivity index is 2.20. The van der Waals surface area contributed by atoms with Gasteiger partial charge in [-0.15, -0.1) is 0 Å². The Morgan fingerprint density at radius 3 is 2.94 bits per heavy atom. The van der Waals surface area contributed by atoms with E-state index in [-0.39, 0.29) is 6.42 Å². The van der Waals surface area contributed by atoms with Crippen LogP contribution >= 0.6 is 0 Å². The van der Waals surface area contributed by atoms with Gasteiger partial charge in [0.15, 0.2) is 0 Å². The van der Waals surface area contributed by atoms with Crippen LogP contribution < -0.4 is 0 Å². The molecule has 1 aromatic carbocycles. The van der Waals surface area contributed by atoms with Crippen molar-refractivity contribution in [2.24, 2.45) is 0 Å². The summed E-state index contributed by atoms with van der Waals surface area (Å²) in [7, 11) is 0. The number of carbonyl (C=O) groups is 1. The first-order valence-electron chi connectivity index (χ1n) is 6.40. The van der Waals surface area contributed by atoms with Gasteiger partial charge in [-0.25, -0.2) is 0 Å². The third kappa shape index (κ3) is 1.70. The zero-order valence-corrected chi connectivity index (χ0v) is 10.5. The van der Waals surface area contributed by atoms with E-state index in [0.717, 1.165) is 29.4 Å². The van der Waals surface area contributed by atoms with E-state index in [2.05, 4.69) is 13.0 Å². The average molecular weight is 244 g/mol. The number of fused-ring (bicyclic) bond motifs is 2. The van der Waals surface area contributed by atoms with Crippen LogP contribution in [0.2, 0.25) is 0 Å². The van der Waals surface area contributed by atoms with Crippen molar-refractivity contribution in [3.63, 3.8) is 0 Å². The van der Waals surface area contributed by atoms with Crippen molar-refractivity contribution in [1.82, 2.24) is 0 Å². The van der Waals surface area contributed by atoms with Crippen LogP contribution in [-0.2, 0) is 24.1 Å². The number of aliphatic carboxylic acids is 1. The van der Waals surface area contributed by atoms with Gasteiger partial charge in [0.2, 0.25) is 0 Å². The number of carboxylic acids is 1. The van der Waals surface area contributed by atoms with Crippen molar-refractivity contribution in [2.45, 2.75) is 39.0 Å². The molecule has 94 valence electrons. The van der Waals surface area contributed by atoms with Gasteiger partial charge in [0.25, 0.3) is 0 Å². The van der Waals surface area contributed by atoms with Crippen LogP contribution in [0.15, 0.2) is 16.7 Å². The molecule has 0 fully saturated rings. The highest BCUT2D eigenvalue weighted by Gasteiger charge is 2.18. The maximum Gasteiger partial charge on any atom is 0.307 e. The predicted molar refractivity (Wildman–Crippen MR) is 68.9 cm³/mol. The molecular formula is C15H16O3. The van der Waals surface area contributed by atoms with Gasteiger partial charge >= 0.3 is 5.97 Å². The Bertz CT molecular complexity index is 622. The highest BCUT2D eigenvalue weighted by atomic mass is 16.4. The summed E-state index contributed by atoms with van der Waals surface area (Å²) in [5, 5.41) is 9.89. The fourth-order valence-corrected chi connectivity index (χ4v) is 2.98. The predicted octanol–water partition coefficient (Wildman–Crippen LogP) is 3.25. The summed E-state index contributed by atoms with van der Waals surface area (Å²) in [6.07, 6.45) is 6.31. The van der Waals surface area contributed by atoms with Gasteiger partial charge in [-0.3, -0.25) is 4.79 Å². The van der Waals surface area contributed by atoms with Gasteiger partial charge in [-0.1, -0.05) is 0 Å². The highest BCUT2D eigenvalue weighted by molar-refractivity contribution is 5.88. The number of furan rings is 1. The molecule has 18 heavy (non-hydrogen) atoms. The molecular weight excluding hydrogens is 228 g/mol. The molecule has 0 spiro atoms. The quantitative estimate of drug-likeness (QED) is 0.882. The minimum absolute atomic E-state index is 0.0330. The summed E-state index contributed by atoms with van der Waals surface area (Å²) in [6, 6.07) is 2.14. The minimum atomic E-state index is -0.812. The van der Waals surface area contributed by atoms with Crippen molar-refractivity contribution < 1.29 is 14.3 Å². The summed E-state index contributed by atoms with van der Waals surface area (Å²) in [5.41, 5.74) is 5.63. The van der Waals surface area contributed by atoms with E-state index in [1.165, 1.54) is 29.5 Å². The maximum atomic E-state index is 10.8. The third-order valence-corrected chi connectivity index (χ3v) is 3.87. The first-order valence-corrected chi connectivity index (χ1v) is 6.40. The standard InChI is InChI=1S/C15H16O3/c1-9-12-5-3-2-4-10(12)6-13-11(7-14(16)17)8-18-15(9)13/h6,8H,2-5,7H2,1H3,(H,16,17). The second kappa shape index (κ2) is 4.16. The van der Waals surface area contributed by atoms with Gasteiger partial charge < -0.3 is 9.52 Å². The first-order chi connectivity index (χ1) is 8.66. The summed E-state index contributed by atoms with van der Waals surface area (Å²) < 4.78 is 5.58. The number of hydrogen-bond donors (Lipinski definition) is 1. The Labute approximate surface area is 105 Å². The molecule has 3 heteroatoms. The molecule has 0 atom stereocenters. The van der Waals surface area contributed by atoms with Gasteiger partial charge in [0, 0.05) is 10.9 Å². The van der Waals surface area contributed by atoms with E-state index in [4.69, 9.17) is 9.52 Å². The van der Waals surface area contributed by atoms with Crippen LogP contribution in [0.3, 0.4) is 0 Å². The van der Waals surface area contributed by atoms with Gasteiger partial charge in [-0.2, -0.15) is 0 Å². The third-order valence-electron chi connectivity index (χ3n) is 3.87. The first kappa shape index (κ1) is 11.3. The molecule has 0 amide bonds. The number of hydrogen-bond acceptors (Lipinski definition) is 2. The Hall–Kier alpha value is -1.77. The van der Waals surface area contributed by atoms with Crippen molar-refractivity contribution in [2.75, 3.05) is 0 Å². The number of rotatable bonds is 2. The Morgan fingerprint density at radius 2 is 2.17 bits per heavy atom. The van der Waals surface area contributed by atoms with Gasteiger partial charge in [0.1, 0.15) is 5.58 Å². The molecule has 0 saturated heterocycles. The molecule has 1 N–H and O–H groups in total. The van der Waals surface area contributed by atoms with Crippen LogP contribution in [0, 0.1) is 6.92 Å². The largest absolute Gasteiger partial charge is 0.481 e. The van der Waals surface area contributed by atoms with Crippen LogP contribution in [0.1, 0.15) is 35.1 Å². The Kier molecular flexibility index (Phi) is 2.62. The minimum Gasteiger partial charge on any atom is -0.481 e. The van der Waals surface area contributed by atoms with Crippen LogP contribution in [0.25, 0.3) is 11.0 Å². The normalized spacial score (nSPS) is 14.7. The molecule has 1 aliphatic rings. The monoisotopic (exact) mass is 244 g/mol. The topological polar surface area (TPSA) is 50.4 Å². The summed E-state index contributed by atoms with van der Waals surface area (Å²) in [5.74, 6) is -0.812. The highest BCUT2D eigenvalue weighted by Crippen LogP contribution is 2.33. The summed E-state index contributed by atoms with van der Waals surface area (Å²) in [4.78, 5) is 10.8. The van der Waals surface area contributed by atoms with Crippen molar-refractivity contribution in [3.05, 3.63) is 34.6 Å². The molecule has 0 aliphatic heterocycles. The van der Waals surface area contributed by atoms with Crippen molar-refractivity contribution in [1.29, 1.82) is 0 Å². The van der Waals surface area contributed by atoms with Crippen LogP contribution in [0.5, 0.6) is 0 Å². The summed E-state index contributed by atoms with van der Waals surface area (Å²) in [6.45, 7) is 2.08. The zero-order chi connectivity index (χ0) is 12.7. The molecule has 0 unspecified atom stereocenters. The lowest BCUT2D eigenvalue weighted by molar-refractivity contribution is -0.136. The molecule has 1 heterocycles. The fourth-order valence-electron chi connectivity index (χ4n) is 2.98. The molecule has 0 saturated carbocycles. The molecule has 1 aliphatic carbocycles. The van der Waals surface area contributed by atoms with E-state index < -0.39 is 5.97 Å². The lowest BCUT2D eigenvalue weighted by Crippen LogP contribution is -2.05. The van der Waals surface area contributed by atoms with E-state index in [0.29, 0.717) is 0 Å². The molecule has 0 bridgehead atoms. The van der Waals surface area contributed by atoms with Crippen molar-refractivity contribution in [3.8, 4) is 0 Å². The lowest BCUT2D eigenvalue weighted by Gasteiger charge is -2.18. The number of carboxylic acid groups (broad SMARTS) is 1. The molecule has 1 aromatic heterocycles. The number of benzene rings is 1. The van der Waals surface area contributed by atoms with Gasteiger partial charge in [0.05, 0.1) is 12.7 Å². The zero-order valence-electron chi connectivity index (χ0n) is 10.5. The fraction of sp³-hybridized carbons (Fsp3) is 0.400. The van der Waals surface area contributed by atoms with E-state index in [9.17, 15) is 4.79 Å². The lowest BCUT2D eigenvalue weighted by atomic mass is 9.87. The van der Waals surface area contributed by atoms with Crippen LogP contribution in [-0.4, -0.2) is 11.1 Å². The van der Waals surface area contributed by atoms with E-state index >= 15 is 0 Å². The van der Waals surface area contributed by atoms with Gasteiger partial charge in [-0.05, 0) is 55.4 Å². The molecule has 2 aromatic rings. The van der Waals surface area contributed by atoms with E-state index in [1.807, 2.05) is 0 Å². The van der Waals surface area contributed by atoms with Crippen molar-refractivity contribution >= 4 is 16.9 Å². The second-order valence-corrected chi connectivity index (χ2v) is 5.05. The van der Waals surface area contributed by atoms with Crippen LogP contribution in [0.4, 0.5) is 0 Å². The molecule has 0 radical (unpaired) electrons. The maximum absolute atomic E-state index is 10.8. The van der Waals surface area contributed by atoms with E-state index in [1.54, 1.807) is 6.26 Å². The SMILES string of the molecule is Cc1c2c(cc3c(CC(=O)O)coc13)CCCC2. The average Bonchev–Trinajstić information content (AvgIpc) is 2.73. The smallest absolute Gasteiger partial charge is 0.307 e. The summed E-state index contributed by atoms with van der Waals surface area (Å²) >= 11 is 0.